The van der Waals surface area contributed by atoms with Crippen LogP contribution in [0.4, 0.5) is 0 Å². The summed E-state index contributed by atoms with van der Waals surface area (Å²) in [5.41, 5.74) is 9.14. The lowest BCUT2D eigenvalue weighted by molar-refractivity contribution is 0.112. The monoisotopic (exact) mass is 436 g/mol. The van der Waals surface area contributed by atoms with E-state index in [9.17, 15) is 5.26 Å². The topological polar surface area (TPSA) is 63.7 Å². The van der Waals surface area contributed by atoms with Gasteiger partial charge in [0.2, 0.25) is 0 Å². The summed E-state index contributed by atoms with van der Waals surface area (Å²) in [4.78, 5) is 9.64. The van der Waals surface area contributed by atoms with E-state index in [1.165, 1.54) is 5.56 Å². The van der Waals surface area contributed by atoms with Crippen LogP contribution in [-0.4, -0.2) is 21.1 Å². The second-order valence-corrected chi connectivity index (χ2v) is 8.84. The van der Waals surface area contributed by atoms with Crippen LogP contribution in [0, 0.1) is 25.2 Å². The van der Waals surface area contributed by atoms with Gasteiger partial charge in [0.25, 0.3) is 0 Å². The van der Waals surface area contributed by atoms with E-state index in [-0.39, 0.29) is 6.10 Å². The average Bonchev–Trinajstić information content (AvgIpc) is 3.48. The summed E-state index contributed by atoms with van der Waals surface area (Å²) < 4.78 is 8.08. The molecule has 1 saturated heterocycles. The van der Waals surface area contributed by atoms with Gasteiger partial charge in [0, 0.05) is 18.7 Å². The number of ether oxygens (including phenoxy) is 1. The van der Waals surface area contributed by atoms with E-state index >= 15 is 0 Å². The van der Waals surface area contributed by atoms with Crippen LogP contribution in [-0.2, 0) is 17.7 Å². The van der Waals surface area contributed by atoms with Crippen LogP contribution in [0.1, 0.15) is 59.6 Å². The largest absolute Gasteiger partial charge is 0.374 e. The van der Waals surface area contributed by atoms with Crippen molar-refractivity contribution in [1.29, 1.82) is 5.26 Å². The molecule has 2 aromatic carbocycles. The third-order valence-corrected chi connectivity index (χ3v) is 6.49. The smallest absolute Gasteiger partial charge is 0.160 e. The van der Waals surface area contributed by atoms with Crippen LogP contribution >= 0.6 is 0 Å². The predicted molar refractivity (Wildman–Crippen MR) is 130 cm³/mol. The molecule has 0 bridgehead atoms. The third-order valence-electron chi connectivity index (χ3n) is 6.49. The minimum absolute atomic E-state index is 0.136. The molecule has 1 unspecified atom stereocenters. The summed E-state index contributed by atoms with van der Waals surface area (Å²) >= 11 is 0. The fourth-order valence-electron chi connectivity index (χ4n) is 4.80. The molecule has 0 N–H and O–H groups in total. The van der Waals surface area contributed by atoms with Crippen molar-refractivity contribution in [2.45, 2.75) is 52.7 Å². The van der Waals surface area contributed by atoms with Gasteiger partial charge in [-0.1, -0.05) is 37.3 Å². The zero-order valence-corrected chi connectivity index (χ0v) is 19.4. The quantitative estimate of drug-likeness (QED) is 0.382. The van der Waals surface area contributed by atoms with E-state index in [1.807, 2.05) is 19.1 Å². The Morgan fingerprint density at radius 3 is 2.61 bits per heavy atom. The number of fused-ring (bicyclic) bond motifs is 1. The van der Waals surface area contributed by atoms with Gasteiger partial charge in [-0.15, -0.1) is 0 Å². The van der Waals surface area contributed by atoms with Gasteiger partial charge in [0.15, 0.2) is 5.65 Å². The van der Waals surface area contributed by atoms with Gasteiger partial charge in [-0.25, -0.2) is 9.97 Å². The predicted octanol–water partition coefficient (Wildman–Crippen LogP) is 6.05. The van der Waals surface area contributed by atoms with Crippen LogP contribution in [0.2, 0.25) is 0 Å². The van der Waals surface area contributed by atoms with Crippen molar-refractivity contribution in [2.75, 3.05) is 6.61 Å². The van der Waals surface area contributed by atoms with E-state index in [0.717, 1.165) is 77.4 Å². The van der Waals surface area contributed by atoms with Crippen LogP contribution in [0.25, 0.3) is 22.3 Å². The van der Waals surface area contributed by atoms with Crippen LogP contribution in [0.5, 0.6) is 0 Å². The lowest BCUT2D eigenvalue weighted by atomic mass is 9.94. The van der Waals surface area contributed by atoms with E-state index in [1.54, 1.807) is 0 Å². The van der Waals surface area contributed by atoms with Crippen molar-refractivity contribution in [1.82, 2.24) is 14.5 Å². The number of aryl methyl sites for hydroxylation is 3. The fraction of sp³-hybridized carbons (Fsp3) is 0.321. The van der Waals surface area contributed by atoms with Gasteiger partial charge in [-0.3, -0.25) is 0 Å². The zero-order valence-electron chi connectivity index (χ0n) is 19.4. The molecule has 0 radical (unpaired) electrons. The van der Waals surface area contributed by atoms with Crippen LogP contribution in [0.15, 0.2) is 48.5 Å². The Balaban J connectivity index is 1.48. The number of hydrogen-bond donors (Lipinski definition) is 0. The van der Waals surface area contributed by atoms with Crippen molar-refractivity contribution in [2.24, 2.45) is 0 Å². The molecule has 166 valence electrons. The molecule has 4 aromatic rings. The number of nitrogens with zero attached hydrogens (tertiary/aromatic N) is 4. The van der Waals surface area contributed by atoms with Crippen molar-refractivity contribution < 1.29 is 4.74 Å². The first-order chi connectivity index (χ1) is 16.1. The summed E-state index contributed by atoms with van der Waals surface area (Å²) in [6.07, 6.45) is 3.12. The van der Waals surface area contributed by atoms with Crippen molar-refractivity contribution >= 4 is 11.2 Å². The Labute approximate surface area is 194 Å². The molecule has 0 spiro atoms. The number of pyridine rings is 1. The van der Waals surface area contributed by atoms with E-state index in [2.05, 4.69) is 60.9 Å². The third kappa shape index (κ3) is 4.03. The van der Waals surface area contributed by atoms with Gasteiger partial charge in [0.1, 0.15) is 11.3 Å². The standard InChI is InChI=1S/C28H28N4O/c1-4-26-31-27-18(2)14-19(3)30-28(27)32(26)17-20-7-9-21(10-8-20)24-15-22(11-12-23(24)16-29)25-6-5-13-33-25/h7-12,14-15,25H,4-6,13,17H2,1-3H3. The zero-order chi connectivity index (χ0) is 22.9. The molecule has 1 atom stereocenters. The maximum Gasteiger partial charge on any atom is 0.160 e. The fourth-order valence-corrected chi connectivity index (χ4v) is 4.80. The Morgan fingerprint density at radius 1 is 1.09 bits per heavy atom. The van der Waals surface area contributed by atoms with Crippen molar-refractivity contribution in [3.05, 3.63) is 82.3 Å². The first kappa shape index (κ1) is 21.4. The summed E-state index contributed by atoms with van der Waals surface area (Å²) in [5, 5.41) is 9.67. The Bertz CT molecular complexity index is 1360. The summed E-state index contributed by atoms with van der Waals surface area (Å²) in [5.74, 6) is 1.05. The molecule has 1 fully saturated rings. The number of benzene rings is 2. The normalized spacial score (nSPS) is 15.8. The molecular formula is C28H28N4O. The van der Waals surface area contributed by atoms with Crippen LogP contribution in [0.3, 0.4) is 0 Å². The highest BCUT2D eigenvalue weighted by Crippen LogP contribution is 2.33. The highest BCUT2D eigenvalue weighted by molar-refractivity contribution is 5.76. The maximum absolute atomic E-state index is 9.67. The average molecular weight is 437 g/mol. The molecule has 0 amide bonds. The SMILES string of the molecule is CCc1nc2c(C)cc(C)nc2n1Cc1ccc(-c2cc(C3CCCO3)ccc2C#N)cc1. The lowest BCUT2D eigenvalue weighted by Gasteiger charge is -2.14. The second-order valence-electron chi connectivity index (χ2n) is 8.84. The van der Waals surface area contributed by atoms with Gasteiger partial charge in [-0.2, -0.15) is 5.26 Å². The Kier molecular flexibility index (Phi) is 5.70. The van der Waals surface area contributed by atoms with E-state index in [4.69, 9.17) is 14.7 Å². The number of nitriles is 1. The molecule has 33 heavy (non-hydrogen) atoms. The number of imidazole rings is 1. The molecule has 0 saturated carbocycles. The Morgan fingerprint density at radius 2 is 1.91 bits per heavy atom. The minimum Gasteiger partial charge on any atom is -0.374 e. The summed E-state index contributed by atoms with van der Waals surface area (Å²) in [6.45, 7) is 7.79. The molecule has 5 heteroatoms. The highest BCUT2D eigenvalue weighted by atomic mass is 16.5. The summed E-state index contributed by atoms with van der Waals surface area (Å²) in [7, 11) is 0. The van der Waals surface area contributed by atoms with Crippen molar-refractivity contribution in [3.63, 3.8) is 0 Å². The molecule has 5 rings (SSSR count). The maximum atomic E-state index is 9.67. The van der Waals surface area contributed by atoms with Gasteiger partial charge < -0.3 is 9.30 Å². The van der Waals surface area contributed by atoms with Gasteiger partial charge in [-0.05, 0) is 72.7 Å². The first-order valence-corrected chi connectivity index (χ1v) is 11.7. The summed E-state index contributed by atoms with van der Waals surface area (Å²) in [6, 6.07) is 19.0. The molecule has 5 nitrogen and oxygen atoms in total. The van der Waals surface area contributed by atoms with Crippen LogP contribution < -0.4 is 0 Å². The van der Waals surface area contributed by atoms with E-state index < -0.39 is 0 Å². The van der Waals surface area contributed by atoms with Gasteiger partial charge >= 0.3 is 0 Å². The Hall–Kier alpha value is -3.49. The molecule has 1 aliphatic rings. The lowest BCUT2D eigenvalue weighted by Crippen LogP contribution is -2.05. The number of rotatable bonds is 5. The first-order valence-electron chi connectivity index (χ1n) is 11.7. The molecule has 2 aromatic heterocycles. The number of hydrogen-bond acceptors (Lipinski definition) is 4. The highest BCUT2D eigenvalue weighted by Gasteiger charge is 2.19. The number of aromatic nitrogens is 3. The molecular weight excluding hydrogens is 408 g/mol. The van der Waals surface area contributed by atoms with Gasteiger partial charge in [0.05, 0.1) is 24.3 Å². The molecule has 3 heterocycles. The minimum atomic E-state index is 0.136. The molecule has 0 aliphatic carbocycles. The molecule has 1 aliphatic heterocycles. The van der Waals surface area contributed by atoms with Crippen molar-refractivity contribution in [3.8, 4) is 17.2 Å². The van der Waals surface area contributed by atoms with E-state index in [0.29, 0.717) is 5.56 Å². The second kappa shape index (κ2) is 8.80.